The Kier molecular flexibility index (Phi) is 7.42. The quantitative estimate of drug-likeness (QED) is 0.583. The van der Waals surface area contributed by atoms with Crippen molar-refractivity contribution < 1.29 is 27.4 Å². The summed E-state index contributed by atoms with van der Waals surface area (Å²) in [6.07, 6.45) is -0.637. The Morgan fingerprint density at radius 1 is 1.29 bits per heavy atom. The van der Waals surface area contributed by atoms with Crippen LogP contribution in [-0.2, 0) is 10.9 Å². The summed E-state index contributed by atoms with van der Waals surface area (Å²) in [6.45, 7) is 7.17. The Bertz CT molecular complexity index is 669. The fourth-order valence-corrected chi connectivity index (χ4v) is 3.18. The number of carbonyl (C=O) groups excluding carboxylic acids is 1. The van der Waals surface area contributed by atoms with Gasteiger partial charge in [-0.1, -0.05) is 11.6 Å². The van der Waals surface area contributed by atoms with Crippen LogP contribution in [0.1, 0.15) is 52.0 Å². The third kappa shape index (κ3) is 7.04. The van der Waals surface area contributed by atoms with Crippen molar-refractivity contribution >= 4 is 17.7 Å². The van der Waals surface area contributed by atoms with Crippen molar-refractivity contribution in [3.8, 4) is 5.88 Å². The Morgan fingerprint density at radius 3 is 2.46 bits per heavy atom. The fourth-order valence-electron chi connectivity index (χ4n) is 2.96. The van der Waals surface area contributed by atoms with Gasteiger partial charge in [0.05, 0.1) is 12.2 Å². The molecule has 1 aromatic heterocycles. The van der Waals surface area contributed by atoms with Crippen molar-refractivity contribution in [2.75, 3.05) is 19.7 Å². The average Bonchev–Trinajstić information content (AvgIpc) is 2.58. The van der Waals surface area contributed by atoms with E-state index < -0.39 is 17.3 Å². The minimum atomic E-state index is -4.48. The number of halogens is 4. The molecule has 2 rings (SSSR count). The molecule has 0 spiro atoms. The molecular formula is C19H26ClF3N2O3. The van der Waals surface area contributed by atoms with Gasteiger partial charge in [0.1, 0.15) is 10.6 Å². The van der Waals surface area contributed by atoms with Crippen molar-refractivity contribution in [2.24, 2.45) is 5.92 Å². The number of hydrogen-bond donors (Lipinski definition) is 0. The second-order valence-electron chi connectivity index (χ2n) is 7.91. The van der Waals surface area contributed by atoms with Gasteiger partial charge in [0, 0.05) is 19.3 Å². The standard InChI is InChI=1S/C19H26ClF3N2O3/c1-18(2,3)28-17(26)25-8-6-13(7-9-25)5-4-10-27-16-15(20)11-14(12-24-16)19(21,22)23/h11-13H,4-10H2,1-3H3. The van der Waals surface area contributed by atoms with Crippen molar-refractivity contribution in [1.82, 2.24) is 9.88 Å². The first-order chi connectivity index (χ1) is 13.0. The third-order valence-corrected chi connectivity index (χ3v) is 4.67. The smallest absolute Gasteiger partial charge is 0.417 e. The first kappa shape index (κ1) is 22.6. The minimum Gasteiger partial charge on any atom is -0.477 e. The minimum absolute atomic E-state index is 0.00871. The molecule has 1 aliphatic heterocycles. The van der Waals surface area contributed by atoms with E-state index in [4.69, 9.17) is 21.1 Å². The van der Waals surface area contributed by atoms with E-state index in [1.165, 1.54) is 0 Å². The number of nitrogens with zero attached hydrogens (tertiary/aromatic N) is 2. The molecule has 0 radical (unpaired) electrons. The molecule has 1 aliphatic rings. The Morgan fingerprint density at radius 2 is 1.93 bits per heavy atom. The van der Waals surface area contributed by atoms with Gasteiger partial charge >= 0.3 is 12.3 Å². The number of piperidine rings is 1. The molecule has 0 aromatic carbocycles. The van der Waals surface area contributed by atoms with Crippen LogP contribution in [0.15, 0.2) is 12.3 Å². The molecule has 1 amide bonds. The lowest BCUT2D eigenvalue weighted by molar-refractivity contribution is -0.137. The van der Waals surface area contributed by atoms with Gasteiger partial charge in [0.15, 0.2) is 0 Å². The zero-order valence-electron chi connectivity index (χ0n) is 16.3. The maximum atomic E-state index is 12.6. The number of pyridine rings is 1. The summed E-state index contributed by atoms with van der Waals surface area (Å²) < 4.78 is 48.6. The first-order valence-corrected chi connectivity index (χ1v) is 9.67. The zero-order chi connectivity index (χ0) is 20.9. The van der Waals surface area contributed by atoms with E-state index in [1.54, 1.807) is 4.90 Å². The van der Waals surface area contributed by atoms with Crippen LogP contribution < -0.4 is 4.74 Å². The van der Waals surface area contributed by atoms with Gasteiger partial charge < -0.3 is 14.4 Å². The molecule has 1 saturated heterocycles. The van der Waals surface area contributed by atoms with Crippen molar-refractivity contribution in [2.45, 2.75) is 58.2 Å². The van der Waals surface area contributed by atoms with Gasteiger partial charge in [0.25, 0.3) is 0 Å². The lowest BCUT2D eigenvalue weighted by Crippen LogP contribution is -2.41. The molecule has 0 atom stereocenters. The van der Waals surface area contributed by atoms with E-state index in [-0.39, 0.29) is 17.0 Å². The number of alkyl halides is 3. The molecule has 0 saturated carbocycles. The number of amides is 1. The maximum absolute atomic E-state index is 12.6. The highest BCUT2D eigenvalue weighted by Gasteiger charge is 2.32. The summed E-state index contributed by atoms with van der Waals surface area (Å²) in [5.41, 5.74) is -1.40. The summed E-state index contributed by atoms with van der Waals surface area (Å²) in [5, 5.41) is -0.152. The van der Waals surface area contributed by atoms with Crippen LogP contribution in [0, 0.1) is 5.92 Å². The first-order valence-electron chi connectivity index (χ1n) is 9.29. The van der Waals surface area contributed by atoms with Crippen molar-refractivity contribution in [1.29, 1.82) is 0 Å². The monoisotopic (exact) mass is 422 g/mol. The molecule has 5 nitrogen and oxygen atoms in total. The summed E-state index contributed by atoms with van der Waals surface area (Å²) in [4.78, 5) is 17.4. The fraction of sp³-hybridized carbons (Fsp3) is 0.684. The summed E-state index contributed by atoms with van der Waals surface area (Å²) in [6, 6.07) is 0.816. The molecule has 28 heavy (non-hydrogen) atoms. The summed E-state index contributed by atoms with van der Waals surface area (Å²) >= 11 is 5.82. The van der Waals surface area contributed by atoms with Gasteiger partial charge in [-0.3, -0.25) is 0 Å². The highest BCUT2D eigenvalue weighted by molar-refractivity contribution is 6.31. The molecule has 158 valence electrons. The normalized spacial score (nSPS) is 16.2. The second kappa shape index (κ2) is 9.20. The number of ether oxygens (including phenoxy) is 2. The average molecular weight is 423 g/mol. The number of carbonyl (C=O) groups is 1. The van der Waals surface area contributed by atoms with Gasteiger partial charge in [-0.25, -0.2) is 9.78 Å². The predicted molar refractivity (Wildman–Crippen MR) is 99.5 cm³/mol. The lowest BCUT2D eigenvalue weighted by Gasteiger charge is -2.33. The molecule has 9 heteroatoms. The molecule has 0 aliphatic carbocycles. The van der Waals surface area contributed by atoms with Crippen LogP contribution in [0.3, 0.4) is 0 Å². The van der Waals surface area contributed by atoms with Crippen molar-refractivity contribution in [3.63, 3.8) is 0 Å². The van der Waals surface area contributed by atoms with Gasteiger partial charge in [0.2, 0.25) is 5.88 Å². The van der Waals surface area contributed by atoms with Crippen LogP contribution in [0.4, 0.5) is 18.0 Å². The topological polar surface area (TPSA) is 51.7 Å². The van der Waals surface area contributed by atoms with E-state index in [2.05, 4.69) is 4.98 Å². The van der Waals surface area contributed by atoms with Crippen LogP contribution in [0.5, 0.6) is 5.88 Å². The predicted octanol–water partition coefficient (Wildman–Crippen LogP) is 5.56. The third-order valence-electron chi connectivity index (χ3n) is 4.40. The van der Waals surface area contributed by atoms with E-state index in [0.717, 1.165) is 31.7 Å². The van der Waals surface area contributed by atoms with Crippen LogP contribution in [0.25, 0.3) is 0 Å². The Balaban J connectivity index is 1.69. The number of hydrogen-bond acceptors (Lipinski definition) is 4. The SMILES string of the molecule is CC(C)(C)OC(=O)N1CCC(CCCOc2ncc(C(F)(F)F)cc2Cl)CC1. The van der Waals surface area contributed by atoms with Gasteiger partial charge in [-0.05, 0) is 58.4 Å². The zero-order valence-corrected chi connectivity index (χ0v) is 17.1. The largest absolute Gasteiger partial charge is 0.477 e. The molecule has 0 unspecified atom stereocenters. The van der Waals surface area contributed by atoms with E-state index >= 15 is 0 Å². The molecule has 2 heterocycles. The van der Waals surface area contributed by atoms with Gasteiger partial charge in [-0.15, -0.1) is 0 Å². The number of rotatable bonds is 5. The van der Waals surface area contributed by atoms with Crippen LogP contribution in [-0.4, -0.2) is 41.3 Å². The molecular weight excluding hydrogens is 397 g/mol. The van der Waals surface area contributed by atoms with E-state index in [9.17, 15) is 18.0 Å². The molecule has 1 aromatic rings. The summed E-state index contributed by atoms with van der Waals surface area (Å²) in [7, 11) is 0. The number of aromatic nitrogens is 1. The van der Waals surface area contributed by atoms with Crippen molar-refractivity contribution in [3.05, 3.63) is 22.8 Å². The van der Waals surface area contributed by atoms with E-state index in [1.807, 2.05) is 20.8 Å². The second-order valence-corrected chi connectivity index (χ2v) is 8.32. The molecule has 1 fully saturated rings. The summed E-state index contributed by atoms with van der Waals surface area (Å²) in [5.74, 6) is 0.479. The Labute approximate surface area is 168 Å². The highest BCUT2D eigenvalue weighted by atomic mass is 35.5. The van der Waals surface area contributed by atoms with E-state index in [0.29, 0.717) is 31.8 Å². The lowest BCUT2D eigenvalue weighted by atomic mass is 9.92. The van der Waals surface area contributed by atoms with Crippen LogP contribution >= 0.6 is 11.6 Å². The molecule has 0 N–H and O–H groups in total. The highest BCUT2D eigenvalue weighted by Crippen LogP contribution is 2.33. The van der Waals surface area contributed by atoms with Gasteiger partial charge in [-0.2, -0.15) is 13.2 Å². The van der Waals surface area contributed by atoms with Crippen LogP contribution in [0.2, 0.25) is 5.02 Å². The number of likely N-dealkylation sites (tertiary alicyclic amines) is 1. The Hall–Kier alpha value is -1.70. The molecule has 0 bridgehead atoms. The maximum Gasteiger partial charge on any atom is 0.417 e.